The van der Waals surface area contributed by atoms with Crippen LogP contribution in [0.1, 0.15) is 55.1 Å². The normalized spacial score (nSPS) is 13.4. The number of alkyl halides is 3. The van der Waals surface area contributed by atoms with Gasteiger partial charge in [-0.1, -0.05) is 30.7 Å². The molecule has 0 bridgehead atoms. The molecule has 0 amide bonds. The molecule has 0 radical (unpaired) electrons. The monoisotopic (exact) mass is 547 g/mol. The lowest BCUT2D eigenvalue weighted by atomic mass is 10.00. The molecule has 9 nitrogen and oxygen atoms in total. The van der Waals surface area contributed by atoms with Crippen molar-refractivity contribution in [2.75, 3.05) is 12.9 Å². The summed E-state index contributed by atoms with van der Waals surface area (Å²) in [5.41, 5.74) is 0.522. The number of aromatic nitrogens is 5. The van der Waals surface area contributed by atoms with E-state index in [4.69, 9.17) is 15.8 Å². The predicted octanol–water partition coefficient (Wildman–Crippen LogP) is 4.29. The van der Waals surface area contributed by atoms with E-state index >= 15 is 0 Å². The third-order valence-corrected chi connectivity index (χ3v) is 6.19. The van der Waals surface area contributed by atoms with E-state index in [1.54, 1.807) is 28.9 Å². The van der Waals surface area contributed by atoms with Gasteiger partial charge in [-0.15, -0.1) is 5.10 Å². The van der Waals surface area contributed by atoms with Gasteiger partial charge in [-0.3, -0.25) is 8.98 Å². The zero-order valence-corrected chi connectivity index (χ0v) is 21.5. The van der Waals surface area contributed by atoms with E-state index < -0.39 is 40.4 Å². The second-order valence-electron chi connectivity index (χ2n) is 8.52. The molecule has 0 aliphatic rings. The average Bonchev–Trinajstić information content (AvgIpc) is 3.34. The lowest BCUT2D eigenvalue weighted by Gasteiger charge is -2.19. The van der Waals surface area contributed by atoms with Crippen molar-refractivity contribution in [3.05, 3.63) is 58.4 Å². The van der Waals surface area contributed by atoms with Crippen LogP contribution in [-0.4, -0.2) is 51.6 Å². The minimum absolute atomic E-state index is 0.0473. The molecule has 3 rings (SSSR count). The quantitative estimate of drug-likeness (QED) is 0.348. The Hall–Kier alpha value is -2.77. The summed E-state index contributed by atoms with van der Waals surface area (Å²) in [4.78, 5) is 16.9. The van der Waals surface area contributed by atoms with Crippen LogP contribution in [0.15, 0.2) is 30.5 Å². The molecular formula is C22H25ClF3N5O4S. The van der Waals surface area contributed by atoms with Crippen LogP contribution in [0, 0.1) is 6.92 Å². The molecule has 14 heteroatoms. The average molecular weight is 548 g/mol. The summed E-state index contributed by atoms with van der Waals surface area (Å²) in [7, 11) is -3.81. The van der Waals surface area contributed by atoms with E-state index in [0.29, 0.717) is 22.1 Å². The highest BCUT2D eigenvalue weighted by Gasteiger charge is 2.36. The van der Waals surface area contributed by atoms with Crippen molar-refractivity contribution in [3.63, 3.8) is 0 Å². The van der Waals surface area contributed by atoms with Crippen LogP contribution < -0.4 is 0 Å². The van der Waals surface area contributed by atoms with Gasteiger partial charge in [-0.25, -0.2) is 9.67 Å². The number of halogens is 4. The van der Waals surface area contributed by atoms with E-state index in [9.17, 15) is 26.4 Å². The van der Waals surface area contributed by atoms with Crippen molar-refractivity contribution in [2.45, 2.75) is 51.7 Å². The van der Waals surface area contributed by atoms with Crippen LogP contribution in [0.25, 0.3) is 5.69 Å². The van der Waals surface area contributed by atoms with E-state index in [1.165, 1.54) is 6.92 Å². The highest BCUT2D eigenvalue weighted by atomic mass is 35.5. The maximum Gasteiger partial charge on any atom is 0.434 e. The largest absolute Gasteiger partial charge is 0.434 e. The number of hydrogen-bond donors (Lipinski definition) is 0. The Kier molecular flexibility index (Phi) is 8.26. The summed E-state index contributed by atoms with van der Waals surface area (Å²) in [5.74, 6) is -0.641. The van der Waals surface area contributed by atoms with Gasteiger partial charge in [0.05, 0.1) is 42.4 Å². The number of carbonyl (C=O) groups excluding carboxylic acids is 1. The highest BCUT2D eigenvalue weighted by molar-refractivity contribution is 7.85. The van der Waals surface area contributed by atoms with Crippen LogP contribution in [0.5, 0.6) is 0 Å². The van der Waals surface area contributed by atoms with Gasteiger partial charge in [0, 0.05) is 17.6 Å². The van der Waals surface area contributed by atoms with Gasteiger partial charge in [-0.2, -0.15) is 21.6 Å². The Labute approximate surface area is 211 Å². The summed E-state index contributed by atoms with van der Waals surface area (Å²) in [6.45, 7) is 4.73. The Morgan fingerprint density at radius 1 is 1.19 bits per heavy atom. The van der Waals surface area contributed by atoms with Gasteiger partial charge in [-0.05, 0) is 37.1 Å². The number of benzene rings is 1. The predicted molar refractivity (Wildman–Crippen MR) is 126 cm³/mol. The van der Waals surface area contributed by atoms with Crippen molar-refractivity contribution in [3.8, 4) is 5.69 Å². The molecule has 196 valence electrons. The van der Waals surface area contributed by atoms with Crippen LogP contribution in [0.2, 0.25) is 5.02 Å². The zero-order chi connectivity index (χ0) is 26.8. The molecule has 0 N–H and O–H groups in total. The standard InChI is InChI=1S/C22H25ClF3N5O4S/c1-13(2)21-17(28-29-31(21)16-7-5-15(23)6-8-16)11-19(32)18(9-10-35-36(4,33)34)30-12-20(22(24,25)26)27-14(30)3/h5-8,12-13,18H,9-11H2,1-4H3/t18-/m0/s1. The van der Waals surface area contributed by atoms with E-state index in [2.05, 4.69) is 15.3 Å². The molecular weight excluding hydrogens is 523 g/mol. The van der Waals surface area contributed by atoms with Crippen LogP contribution in [0.3, 0.4) is 0 Å². The molecule has 0 saturated carbocycles. The van der Waals surface area contributed by atoms with Crippen LogP contribution in [-0.2, 0) is 31.7 Å². The first-order valence-corrected chi connectivity index (χ1v) is 13.1. The summed E-state index contributed by atoms with van der Waals surface area (Å²) in [6.07, 6.45) is -3.56. The summed E-state index contributed by atoms with van der Waals surface area (Å²) in [5, 5.41) is 8.87. The van der Waals surface area contributed by atoms with Crippen molar-refractivity contribution in [1.29, 1.82) is 0 Å². The molecule has 36 heavy (non-hydrogen) atoms. The van der Waals surface area contributed by atoms with Gasteiger partial charge in [0.2, 0.25) is 0 Å². The topological polar surface area (TPSA) is 109 Å². The number of hydrogen-bond acceptors (Lipinski definition) is 7. The Morgan fingerprint density at radius 2 is 1.83 bits per heavy atom. The number of imidazole rings is 1. The Bertz CT molecular complexity index is 1330. The number of rotatable bonds is 10. The van der Waals surface area contributed by atoms with Gasteiger partial charge < -0.3 is 4.57 Å². The highest BCUT2D eigenvalue weighted by Crippen LogP contribution is 2.31. The molecule has 2 heterocycles. The minimum Gasteiger partial charge on any atom is -0.324 e. The molecule has 3 aromatic rings. The van der Waals surface area contributed by atoms with Crippen molar-refractivity contribution in [2.24, 2.45) is 0 Å². The second-order valence-corrected chi connectivity index (χ2v) is 10.6. The summed E-state index contributed by atoms with van der Waals surface area (Å²) >= 11 is 5.97. The molecule has 1 aromatic carbocycles. The Balaban J connectivity index is 1.96. The van der Waals surface area contributed by atoms with Crippen LogP contribution >= 0.6 is 11.6 Å². The molecule has 0 unspecified atom stereocenters. The van der Waals surface area contributed by atoms with Gasteiger partial charge in [0.1, 0.15) is 5.82 Å². The van der Waals surface area contributed by atoms with Crippen molar-refractivity contribution >= 4 is 27.5 Å². The number of carbonyl (C=O) groups is 1. The van der Waals surface area contributed by atoms with Crippen molar-refractivity contribution in [1.82, 2.24) is 24.5 Å². The first-order valence-electron chi connectivity index (χ1n) is 10.9. The van der Waals surface area contributed by atoms with Gasteiger partial charge in [0.15, 0.2) is 11.5 Å². The minimum atomic E-state index is -4.71. The number of aryl methyl sites for hydroxylation is 1. The molecule has 0 saturated heterocycles. The number of ketones is 1. The molecule has 0 fully saturated rings. The maximum atomic E-state index is 13.4. The summed E-state index contributed by atoms with van der Waals surface area (Å²) < 4.78 is 69.9. The van der Waals surface area contributed by atoms with Crippen molar-refractivity contribution < 1.29 is 30.6 Å². The Morgan fingerprint density at radius 3 is 2.36 bits per heavy atom. The van der Waals surface area contributed by atoms with Gasteiger partial charge in [0.25, 0.3) is 10.1 Å². The third-order valence-electron chi connectivity index (χ3n) is 5.34. The number of Topliss-reactive ketones (excluding diaryl/α,β-unsaturated/α-hetero) is 1. The molecule has 0 aliphatic carbocycles. The SMILES string of the molecule is Cc1nc(C(F)(F)F)cn1[C@@H](CCOS(C)(=O)=O)C(=O)Cc1nnn(-c2ccc(Cl)cc2)c1C(C)C. The van der Waals surface area contributed by atoms with E-state index in [-0.39, 0.29) is 24.6 Å². The first kappa shape index (κ1) is 27.8. The zero-order valence-electron chi connectivity index (χ0n) is 20.0. The molecule has 1 atom stereocenters. The van der Waals surface area contributed by atoms with Crippen LogP contribution in [0.4, 0.5) is 13.2 Å². The first-order chi connectivity index (χ1) is 16.7. The smallest absolute Gasteiger partial charge is 0.324 e. The fourth-order valence-electron chi connectivity index (χ4n) is 3.78. The van der Waals surface area contributed by atoms with E-state index in [0.717, 1.165) is 17.0 Å². The van der Waals surface area contributed by atoms with E-state index in [1.807, 2.05) is 13.8 Å². The fraction of sp³-hybridized carbons (Fsp3) is 0.455. The molecule has 2 aromatic heterocycles. The lowest BCUT2D eigenvalue weighted by molar-refractivity contribution is -0.141. The second kappa shape index (κ2) is 10.7. The molecule has 0 aliphatic heterocycles. The molecule has 0 spiro atoms. The summed E-state index contributed by atoms with van der Waals surface area (Å²) in [6, 6.07) is 5.69. The number of nitrogens with zero attached hydrogens (tertiary/aromatic N) is 5. The maximum absolute atomic E-state index is 13.4. The fourth-order valence-corrected chi connectivity index (χ4v) is 4.31. The lowest BCUT2D eigenvalue weighted by Crippen LogP contribution is -2.25. The third kappa shape index (κ3) is 6.71. The van der Waals surface area contributed by atoms with Gasteiger partial charge >= 0.3 is 6.18 Å².